The molecule has 0 aliphatic carbocycles. The van der Waals surface area contributed by atoms with E-state index in [9.17, 15) is 0 Å². The lowest BCUT2D eigenvalue weighted by atomic mass is 10.1. The smallest absolute Gasteiger partial charge is 0.0791 e. The van der Waals surface area contributed by atoms with Crippen molar-refractivity contribution in [3.05, 3.63) is 36.6 Å². The van der Waals surface area contributed by atoms with E-state index in [0.29, 0.717) is 0 Å². The van der Waals surface area contributed by atoms with Gasteiger partial charge >= 0.3 is 0 Å². The first kappa shape index (κ1) is 16.0. The van der Waals surface area contributed by atoms with E-state index in [0.717, 1.165) is 12.7 Å². The third-order valence-electron chi connectivity index (χ3n) is 2.70. The zero-order chi connectivity index (χ0) is 12.6. The van der Waals surface area contributed by atoms with Gasteiger partial charge in [-0.1, -0.05) is 56.9 Å². The van der Waals surface area contributed by atoms with Crippen LogP contribution in [-0.2, 0) is 0 Å². The minimum Gasteiger partial charge on any atom is -0.516 e. The van der Waals surface area contributed by atoms with Crippen molar-refractivity contribution < 1.29 is 5.11 Å². The molecule has 98 valence electrons. The monoisotopic (exact) mass is 236 g/mol. The lowest BCUT2D eigenvalue weighted by Crippen LogP contribution is -1.78. The molecule has 0 aliphatic rings. The lowest BCUT2D eigenvalue weighted by Gasteiger charge is -1.98. The number of allylic oxidation sites excluding steroid dienone is 5. The van der Waals surface area contributed by atoms with E-state index in [2.05, 4.69) is 25.2 Å². The summed E-state index contributed by atoms with van der Waals surface area (Å²) in [6, 6.07) is 0. The van der Waals surface area contributed by atoms with E-state index in [1.165, 1.54) is 51.4 Å². The third kappa shape index (κ3) is 15.0. The molecule has 1 N–H and O–H groups in total. The molecular formula is C16H28O. The third-order valence-corrected chi connectivity index (χ3v) is 2.70. The van der Waals surface area contributed by atoms with Crippen molar-refractivity contribution >= 4 is 0 Å². The summed E-state index contributed by atoms with van der Waals surface area (Å²) in [5.41, 5.74) is 0. The molecular weight excluding hydrogens is 208 g/mol. The van der Waals surface area contributed by atoms with Gasteiger partial charge in [0.25, 0.3) is 0 Å². The van der Waals surface area contributed by atoms with Gasteiger partial charge in [0.15, 0.2) is 0 Å². The second-order valence-corrected chi connectivity index (χ2v) is 4.37. The minimum absolute atomic E-state index is 1.07. The molecule has 0 spiro atoms. The summed E-state index contributed by atoms with van der Waals surface area (Å²) in [7, 11) is 0. The largest absolute Gasteiger partial charge is 0.516 e. The highest BCUT2D eigenvalue weighted by molar-refractivity contribution is 4.98. The van der Waals surface area contributed by atoms with Gasteiger partial charge in [0.05, 0.1) is 6.26 Å². The number of hydrogen-bond acceptors (Lipinski definition) is 1. The number of aliphatic hydroxyl groups is 1. The zero-order valence-electron chi connectivity index (χ0n) is 11.3. The molecule has 0 amide bonds. The molecule has 0 radical (unpaired) electrons. The fraction of sp³-hybridized carbons (Fsp3) is 0.625. The first-order chi connectivity index (χ1) is 8.41. The van der Waals surface area contributed by atoms with Gasteiger partial charge in [-0.05, 0) is 38.2 Å². The van der Waals surface area contributed by atoms with Crippen LogP contribution >= 0.6 is 0 Å². The Hall–Kier alpha value is -0.980. The Morgan fingerprint density at radius 2 is 1.29 bits per heavy atom. The number of unbranched alkanes of at least 4 members (excludes halogenated alkanes) is 7. The van der Waals surface area contributed by atoms with Gasteiger partial charge in [-0.2, -0.15) is 0 Å². The molecule has 0 unspecified atom stereocenters. The van der Waals surface area contributed by atoms with Crippen LogP contribution in [0.2, 0.25) is 0 Å². The van der Waals surface area contributed by atoms with Gasteiger partial charge in [-0.3, -0.25) is 0 Å². The molecule has 0 aliphatic heterocycles. The summed E-state index contributed by atoms with van der Waals surface area (Å²) >= 11 is 0. The van der Waals surface area contributed by atoms with Gasteiger partial charge in [-0.15, -0.1) is 0 Å². The maximum Gasteiger partial charge on any atom is 0.0791 e. The first-order valence-electron chi connectivity index (χ1n) is 7.02. The van der Waals surface area contributed by atoms with Crippen LogP contribution in [0.25, 0.3) is 0 Å². The van der Waals surface area contributed by atoms with Gasteiger partial charge in [0, 0.05) is 0 Å². The second kappa shape index (κ2) is 15.0. The van der Waals surface area contributed by atoms with Crippen LogP contribution in [0.5, 0.6) is 0 Å². The van der Waals surface area contributed by atoms with E-state index in [4.69, 9.17) is 5.11 Å². The Morgan fingerprint density at radius 3 is 1.94 bits per heavy atom. The Kier molecular flexibility index (Phi) is 14.2. The van der Waals surface area contributed by atoms with Crippen molar-refractivity contribution in [3.8, 4) is 0 Å². The highest BCUT2D eigenvalue weighted by atomic mass is 16.2. The molecule has 0 aromatic carbocycles. The van der Waals surface area contributed by atoms with Crippen molar-refractivity contribution in [2.75, 3.05) is 0 Å². The Balaban J connectivity index is 3.08. The highest BCUT2D eigenvalue weighted by Crippen LogP contribution is 2.08. The van der Waals surface area contributed by atoms with Crippen molar-refractivity contribution in [3.63, 3.8) is 0 Å². The molecule has 1 heteroatoms. The number of hydrogen-bond donors (Lipinski definition) is 1. The average Bonchev–Trinajstić information content (AvgIpc) is 2.35. The second-order valence-electron chi connectivity index (χ2n) is 4.37. The zero-order valence-corrected chi connectivity index (χ0v) is 11.3. The molecule has 1 nitrogen and oxygen atoms in total. The number of aliphatic hydroxyl groups excluding tert-OH is 1. The summed E-state index contributed by atoms with van der Waals surface area (Å²) in [5.74, 6) is 0. The molecule has 0 bridgehead atoms. The van der Waals surface area contributed by atoms with Crippen LogP contribution < -0.4 is 0 Å². The molecule has 0 saturated carbocycles. The Bertz CT molecular complexity index is 214. The van der Waals surface area contributed by atoms with Crippen LogP contribution in [0.15, 0.2) is 36.6 Å². The Labute approximate surface area is 107 Å². The first-order valence-corrected chi connectivity index (χ1v) is 7.02. The molecule has 0 heterocycles. The van der Waals surface area contributed by atoms with Gasteiger partial charge < -0.3 is 5.11 Å². The van der Waals surface area contributed by atoms with Crippen molar-refractivity contribution in [1.29, 1.82) is 0 Å². The molecule has 0 aromatic heterocycles. The van der Waals surface area contributed by atoms with Crippen LogP contribution in [0, 0.1) is 0 Å². The molecule has 0 aromatic rings. The van der Waals surface area contributed by atoms with E-state index in [1.54, 1.807) is 6.08 Å². The van der Waals surface area contributed by atoms with Gasteiger partial charge in [0.1, 0.15) is 0 Å². The van der Waals surface area contributed by atoms with Crippen LogP contribution in [0.4, 0.5) is 0 Å². The van der Waals surface area contributed by atoms with Gasteiger partial charge in [0.2, 0.25) is 0 Å². The fourth-order valence-corrected chi connectivity index (χ4v) is 1.68. The molecule has 0 atom stereocenters. The minimum atomic E-state index is 1.07. The normalized spacial score (nSPS) is 12.3. The predicted molar refractivity (Wildman–Crippen MR) is 77.3 cm³/mol. The van der Waals surface area contributed by atoms with E-state index >= 15 is 0 Å². The van der Waals surface area contributed by atoms with Crippen molar-refractivity contribution in [1.82, 2.24) is 0 Å². The van der Waals surface area contributed by atoms with Crippen molar-refractivity contribution in [2.45, 2.75) is 64.7 Å². The lowest BCUT2D eigenvalue weighted by molar-refractivity contribution is 0.473. The number of rotatable bonds is 11. The molecule has 17 heavy (non-hydrogen) atoms. The van der Waals surface area contributed by atoms with Crippen LogP contribution in [0.3, 0.4) is 0 Å². The average molecular weight is 236 g/mol. The van der Waals surface area contributed by atoms with Crippen molar-refractivity contribution in [2.24, 2.45) is 0 Å². The van der Waals surface area contributed by atoms with E-state index < -0.39 is 0 Å². The predicted octanol–water partition coefficient (Wildman–Crippen LogP) is 5.70. The maximum atomic E-state index is 8.41. The molecule has 0 rings (SSSR count). The van der Waals surface area contributed by atoms with E-state index in [1.807, 2.05) is 6.08 Å². The van der Waals surface area contributed by atoms with Crippen LogP contribution in [-0.4, -0.2) is 5.11 Å². The summed E-state index contributed by atoms with van der Waals surface area (Å²) in [6.07, 6.45) is 22.9. The SMILES string of the molecule is CCCC=CCCCCCCCC=CC=CO. The molecule has 0 saturated heterocycles. The summed E-state index contributed by atoms with van der Waals surface area (Å²) in [5, 5.41) is 8.41. The van der Waals surface area contributed by atoms with Crippen LogP contribution in [0.1, 0.15) is 64.7 Å². The van der Waals surface area contributed by atoms with E-state index in [-0.39, 0.29) is 0 Å². The summed E-state index contributed by atoms with van der Waals surface area (Å²) in [4.78, 5) is 0. The standard InChI is InChI=1S/C16H28O/c1-2-3-4-5-6-7-8-9-10-11-12-13-14-15-16-17/h4-5,13-17H,2-3,6-12H2,1H3. The highest BCUT2D eigenvalue weighted by Gasteiger charge is 1.88. The Morgan fingerprint density at radius 1 is 0.706 bits per heavy atom. The van der Waals surface area contributed by atoms with Gasteiger partial charge in [-0.25, -0.2) is 0 Å². The molecule has 0 fully saturated rings. The quantitative estimate of drug-likeness (QED) is 0.211. The topological polar surface area (TPSA) is 20.2 Å². The fourth-order valence-electron chi connectivity index (χ4n) is 1.68. The summed E-state index contributed by atoms with van der Waals surface area (Å²) in [6.45, 7) is 2.22. The maximum absolute atomic E-state index is 8.41. The summed E-state index contributed by atoms with van der Waals surface area (Å²) < 4.78 is 0.